The number of imide groups is 1. The van der Waals surface area contributed by atoms with Crippen molar-refractivity contribution in [2.45, 2.75) is 114 Å². The maximum Gasteiger partial charge on any atom is 0.255 e. The third-order valence-electron chi connectivity index (χ3n) is 15.0. The second-order valence-electron chi connectivity index (χ2n) is 19.7. The van der Waals surface area contributed by atoms with Gasteiger partial charge in [0.15, 0.2) is 0 Å². The standard InChI is InChI=1S/C49H61FN8O4/c1-32-24-40-38-7-5-4-6-34(38)26-41(40)44(58(32)31-48(2,3)50)36-27-51-47(52-28-36)56-17-12-33(13-18-56)29-54-19-14-49(62-23-22-54)15-20-55(21-16-49)37-8-9-39-35(25-37)30-57(46(39)61)42-10-11-43(59)53-45(42)60/h4-9,25,27-28,32-33,42,44H,10-24,26,29-31H2,1-3H3,(H,53,59,60)/t32-,42?,44-/m1/s1. The summed E-state index contributed by atoms with van der Waals surface area (Å²) in [5.74, 6) is 0.620. The number of hydrogen-bond acceptors (Lipinski definition) is 10. The van der Waals surface area contributed by atoms with Gasteiger partial charge in [0.25, 0.3) is 5.91 Å². The van der Waals surface area contributed by atoms with Crippen LogP contribution in [-0.4, -0.2) is 125 Å². The van der Waals surface area contributed by atoms with Gasteiger partial charge in [0.1, 0.15) is 11.7 Å². The molecule has 10 rings (SSSR count). The molecule has 13 heteroatoms. The molecule has 2 aromatic carbocycles. The van der Waals surface area contributed by atoms with Gasteiger partial charge < -0.3 is 24.3 Å². The summed E-state index contributed by atoms with van der Waals surface area (Å²) in [6, 6.07) is 14.3. The van der Waals surface area contributed by atoms with E-state index in [1.165, 1.54) is 22.3 Å². The molecule has 6 aliphatic heterocycles. The zero-order valence-corrected chi connectivity index (χ0v) is 36.6. The molecule has 1 aliphatic carbocycles. The number of piperidine rings is 3. The van der Waals surface area contributed by atoms with Gasteiger partial charge in [0.05, 0.1) is 18.2 Å². The fourth-order valence-electron chi connectivity index (χ4n) is 11.7. The van der Waals surface area contributed by atoms with Crippen molar-refractivity contribution in [3.05, 3.63) is 88.2 Å². The number of carbonyl (C=O) groups excluding carboxylic acids is 3. The molecule has 4 fully saturated rings. The number of benzene rings is 2. The van der Waals surface area contributed by atoms with Crippen molar-refractivity contribution in [2.24, 2.45) is 5.92 Å². The van der Waals surface area contributed by atoms with Crippen LogP contribution in [0.15, 0.2) is 60.4 Å². The van der Waals surface area contributed by atoms with E-state index in [1.54, 1.807) is 18.7 Å². The summed E-state index contributed by atoms with van der Waals surface area (Å²) in [6.07, 6.45) is 11.6. The molecule has 3 amide bonds. The van der Waals surface area contributed by atoms with Gasteiger partial charge in [-0.05, 0) is 124 Å². The van der Waals surface area contributed by atoms with Crippen molar-refractivity contribution in [2.75, 3.05) is 68.8 Å². The Hall–Kier alpha value is -4.72. The van der Waals surface area contributed by atoms with Crippen LogP contribution in [0.25, 0.3) is 5.57 Å². The lowest BCUT2D eigenvalue weighted by atomic mass is 9.85. The van der Waals surface area contributed by atoms with E-state index in [0.717, 1.165) is 120 Å². The summed E-state index contributed by atoms with van der Waals surface area (Å²) in [5, 5.41) is 2.39. The molecule has 0 bridgehead atoms. The summed E-state index contributed by atoms with van der Waals surface area (Å²) in [4.78, 5) is 58.7. The number of carbonyl (C=O) groups is 3. The Labute approximate surface area is 364 Å². The van der Waals surface area contributed by atoms with E-state index in [1.807, 2.05) is 24.5 Å². The van der Waals surface area contributed by atoms with Gasteiger partial charge in [-0.3, -0.25) is 24.6 Å². The molecule has 12 nitrogen and oxygen atoms in total. The minimum Gasteiger partial charge on any atom is -0.373 e. The highest BCUT2D eigenvalue weighted by Gasteiger charge is 2.43. The lowest BCUT2D eigenvalue weighted by molar-refractivity contribution is -0.136. The van der Waals surface area contributed by atoms with E-state index in [2.05, 4.69) is 62.2 Å². The number of alkyl halides is 1. The zero-order valence-electron chi connectivity index (χ0n) is 36.6. The van der Waals surface area contributed by atoms with E-state index in [4.69, 9.17) is 14.7 Å². The first kappa shape index (κ1) is 41.3. The summed E-state index contributed by atoms with van der Waals surface area (Å²) >= 11 is 0. The molecule has 3 atom stereocenters. The molecule has 0 radical (unpaired) electrons. The van der Waals surface area contributed by atoms with Crippen molar-refractivity contribution in [3.8, 4) is 0 Å². The Morgan fingerprint density at radius 3 is 2.40 bits per heavy atom. The van der Waals surface area contributed by atoms with Crippen molar-refractivity contribution in [3.63, 3.8) is 0 Å². The van der Waals surface area contributed by atoms with Crippen LogP contribution in [-0.2, 0) is 27.3 Å². The SMILES string of the molecule is C[C@@H]1CC2=C(Cc3ccccc32)[C@@H](c2cnc(N3CCC(CN4CCOC5(CC4)CCN(c4ccc6c(c4)CN(C4CCC(=O)NC4=O)C6=O)CC5)CC3)nc2)N1CC(C)(C)F. The van der Waals surface area contributed by atoms with Crippen LogP contribution in [0.2, 0.25) is 0 Å². The number of nitrogens with zero attached hydrogens (tertiary/aromatic N) is 7. The Balaban J connectivity index is 0.713. The lowest BCUT2D eigenvalue weighted by Crippen LogP contribution is -2.52. The smallest absolute Gasteiger partial charge is 0.255 e. The molecular formula is C49H61FN8O4. The summed E-state index contributed by atoms with van der Waals surface area (Å²) in [6.45, 7) is 13.9. The van der Waals surface area contributed by atoms with Gasteiger partial charge >= 0.3 is 0 Å². The molecule has 328 valence electrons. The second-order valence-corrected chi connectivity index (χ2v) is 19.7. The zero-order chi connectivity index (χ0) is 42.8. The summed E-state index contributed by atoms with van der Waals surface area (Å²) < 4.78 is 22.0. The van der Waals surface area contributed by atoms with Crippen LogP contribution < -0.4 is 15.1 Å². The number of halogens is 1. The normalized spacial score (nSPS) is 26.2. The minimum absolute atomic E-state index is 0.0420. The predicted molar refractivity (Wildman–Crippen MR) is 236 cm³/mol. The number of anilines is 2. The first-order chi connectivity index (χ1) is 29.9. The molecule has 0 saturated carbocycles. The third-order valence-corrected chi connectivity index (χ3v) is 15.0. The van der Waals surface area contributed by atoms with Gasteiger partial charge in [-0.15, -0.1) is 0 Å². The minimum atomic E-state index is -1.32. The third kappa shape index (κ3) is 8.05. The number of rotatable bonds is 8. The van der Waals surface area contributed by atoms with Gasteiger partial charge in [0.2, 0.25) is 17.8 Å². The monoisotopic (exact) mass is 844 g/mol. The molecule has 1 N–H and O–H groups in total. The van der Waals surface area contributed by atoms with Crippen LogP contribution in [0.3, 0.4) is 0 Å². The quantitative estimate of drug-likeness (QED) is 0.267. The summed E-state index contributed by atoms with van der Waals surface area (Å²) in [5.41, 5.74) is 7.83. The van der Waals surface area contributed by atoms with E-state index < -0.39 is 11.7 Å². The molecule has 1 spiro atoms. The van der Waals surface area contributed by atoms with Crippen molar-refractivity contribution >= 4 is 34.9 Å². The Morgan fingerprint density at radius 1 is 0.887 bits per heavy atom. The highest BCUT2D eigenvalue weighted by molar-refractivity contribution is 6.05. The predicted octanol–water partition coefficient (Wildman–Crippen LogP) is 6.11. The van der Waals surface area contributed by atoms with Crippen LogP contribution in [0.4, 0.5) is 16.0 Å². The molecule has 62 heavy (non-hydrogen) atoms. The van der Waals surface area contributed by atoms with Gasteiger partial charge in [-0.1, -0.05) is 24.3 Å². The van der Waals surface area contributed by atoms with Crippen LogP contribution in [0, 0.1) is 5.92 Å². The number of aromatic nitrogens is 2. The lowest BCUT2D eigenvalue weighted by Gasteiger charge is -2.44. The number of amides is 3. The largest absolute Gasteiger partial charge is 0.373 e. The number of nitrogens with one attached hydrogen (secondary N) is 1. The average Bonchev–Trinajstić information content (AvgIpc) is 3.72. The van der Waals surface area contributed by atoms with Crippen LogP contribution in [0.1, 0.15) is 111 Å². The Bertz CT molecular complexity index is 2240. The van der Waals surface area contributed by atoms with E-state index >= 15 is 4.39 Å². The topological polar surface area (TPSA) is 114 Å². The first-order valence-corrected chi connectivity index (χ1v) is 23.1. The van der Waals surface area contributed by atoms with Gasteiger partial charge in [-0.2, -0.15) is 0 Å². The second kappa shape index (κ2) is 16.4. The van der Waals surface area contributed by atoms with Gasteiger partial charge in [0, 0.05) is 101 Å². The molecule has 4 saturated heterocycles. The molecule has 1 aromatic heterocycles. The molecule has 3 aromatic rings. The maximum atomic E-state index is 15.3. The van der Waals surface area contributed by atoms with E-state index in [-0.39, 0.29) is 41.8 Å². The number of fused-ring (bicyclic) bond motifs is 3. The Morgan fingerprint density at radius 2 is 1.65 bits per heavy atom. The average molecular weight is 845 g/mol. The first-order valence-electron chi connectivity index (χ1n) is 23.1. The summed E-state index contributed by atoms with van der Waals surface area (Å²) in [7, 11) is 0. The fraction of sp³-hybridized carbons (Fsp3) is 0.571. The number of ether oxygens (including phenoxy) is 1. The van der Waals surface area contributed by atoms with Crippen LogP contribution >= 0.6 is 0 Å². The van der Waals surface area contributed by atoms with Crippen molar-refractivity contribution < 1.29 is 23.5 Å². The van der Waals surface area contributed by atoms with E-state index in [9.17, 15) is 14.4 Å². The van der Waals surface area contributed by atoms with E-state index in [0.29, 0.717) is 31.0 Å². The van der Waals surface area contributed by atoms with Crippen molar-refractivity contribution in [1.29, 1.82) is 0 Å². The number of hydrogen-bond donors (Lipinski definition) is 1. The maximum absolute atomic E-state index is 15.3. The fourth-order valence-corrected chi connectivity index (χ4v) is 11.7. The van der Waals surface area contributed by atoms with Gasteiger partial charge in [-0.25, -0.2) is 14.4 Å². The molecule has 7 heterocycles. The van der Waals surface area contributed by atoms with Crippen LogP contribution in [0.5, 0.6) is 0 Å². The highest BCUT2D eigenvalue weighted by Crippen LogP contribution is 2.49. The molecular weight excluding hydrogens is 784 g/mol. The highest BCUT2D eigenvalue weighted by atomic mass is 19.1. The van der Waals surface area contributed by atoms with Crippen molar-refractivity contribution in [1.82, 2.24) is 30.0 Å². The molecule has 7 aliphatic rings. The Kier molecular flexibility index (Phi) is 11.0. The molecule has 1 unspecified atom stereocenters.